The summed E-state index contributed by atoms with van der Waals surface area (Å²) >= 11 is 0. The Hall–Kier alpha value is -1.16. The maximum atomic E-state index is 11.8. The van der Waals surface area contributed by atoms with Gasteiger partial charge in [0.2, 0.25) is 0 Å². The molecule has 0 bridgehead atoms. The molecule has 0 saturated carbocycles. The van der Waals surface area contributed by atoms with Crippen LogP contribution in [0.4, 0.5) is 0 Å². The van der Waals surface area contributed by atoms with Crippen LogP contribution in [0, 0.1) is 5.92 Å². The molecule has 1 unspecified atom stereocenters. The summed E-state index contributed by atoms with van der Waals surface area (Å²) in [5, 5.41) is 4.54. The van der Waals surface area contributed by atoms with E-state index in [0.717, 1.165) is 19.3 Å². The third-order valence-corrected chi connectivity index (χ3v) is 4.22. The fraction of sp³-hybridized carbons (Fsp3) is 0.765. The molecule has 1 aliphatic rings. The Morgan fingerprint density at radius 2 is 2.10 bits per heavy atom. The minimum absolute atomic E-state index is 0.0236. The van der Waals surface area contributed by atoms with E-state index in [1.54, 1.807) is 0 Å². The first-order valence-corrected chi connectivity index (χ1v) is 8.21. The lowest BCUT2D eigenvalue weighted by Crippen LogP contribution is -2.19. The molecule has 21 heavy (non-hydrogen) atoms. The topological polar surface area (TPSA) is 44.1 Å². The van der Waals surface area contributed by atoms with Crippen molar-refractivity contribution in [2.24, 2.45) is 5.92 Å². The zero-order chi connectivity index (χ0) is 15.4. The summed E-state index contributed by atoms with van der Waals surface area (Å²) in [5.74, 6) is 0.214. The minimum atomic E-state index is 0.0236. The first kappa shape index (κ1) is 16.2. The van der Waals surface area contributed by atoms with E-state index in [9.17, 15) is 4.79 Å². The zero-order valence-corrected chi connectivity index (χ0v) is 13.8. The monoisotopic (exact) mass is 292 g/mol. The molecular weight excluding hydrogens is 264 g/mol. The predicted octanol–water partition coefficient (Wildman–Crippen LogP) is 3.86. The van der Waals surface area contributed by atoms with E-state index in [4.69, 9.17) is 4.74 Å². The average Bonchev–Trinajstić information content (AvgIpc) is 2.81. The molecule has 0 aliphatic heterocycles. The lowest BCUT2D eigenvalue weighted by Gasteiger charge is -2.22. The van der Waals surface area contributed by atoms with Crippen molar-refractivity contribution in [2.45, 2.75) is 71.9 Å². The van der Waals surface area contributed by atoms with Crippen molar-refractivity contribution in [3.8, 4) is 0 Å². The SMILES string of the molecule is CC(C)C(=O)COC1CCCCCc2c1cnn2C(C)C. The standard InChI is InChI=1S/C17H28N2O2/c1-12(2)16(20)11-21-17-9-7-5-6-8-15-14(17)10-18-19(15)13(3)4/h10,12-13,17H,5-9,11H2,1-4H3. The minimum Gasteiger partial charge on any atom is -0.366 e. The van der Waals surface area contributed by atoms with Gasteiger partial charge >= 0.3 is 0 Å². The Morgan fingerprint density at radius 3 is 2.76 bits per heavy atom. The third-order valence-electron chi connectivity index (χ3n) is 4.22. The van der Waals surface area contributed by atoms with Gasteiger partial charge < -0.3 is 4.74 Å². The fourth-order valence-electron chi connectivity index (χ4n) is 2.85. The van der Waals surface area contributed by atoms with Crippen LogP contribution in [0.2, 0.25) is 0 Å². The maximum absolute atomic E-state index is 11.8. The fourth-order valence-corrected chi connectivity index (χ4v) is 2.85. The number of carbonyl (C=O) groups is 1. The van der Waals surface area contributed by atoms with Gasteiger partial charge in [-0.25, -0.2) is 0 Å². The second kappa shape index (κ2) is 7.21. The Kier molecular flexibility index (Phi) is 5.57. The molecule has 0 N–H and O–H groups in total. The number of rotatable bonds is 5. The highest BCUT2D eigenvalue weighted by Crippen LogP contribution is 2.31. The molecule has 1 aromatic rings. The van der Waals surface area contributed by atoms with Crippen LogP contribution in [0.15, 0.2) is 6.20 Å². The number of Topliss-reactive ketones (excluding diaryl/α,β-unsaturated/α-hetero) is 1. The van der Waals surface area contributed by atoms with Crippen molar-refractivity contribution in [1.29, 1.82) is 0 Å². The molecule has 1 atom stereocenters. The predicted molar refractivity (Wildman–Crippen MR) is 83.3 cm³/mol. The summed E-state index contributed by atoms with van der Waals surface area (Å²) < 4.78 is 8.07. The van der Waals surface area contributed by atoms with E-state index in [1.807, 2.05) is 20.0 Å². The summed E-state index contributed by atoms with van der Waals surface area (Å²) in [7, 11) is 0. The molecule has 118 valence electrons. The number of hydrogen-bond donors (Lipinski definition) is 0. The van der Waals surface area contributed by atoms with E-state index in [0.29, 0.717) is 6.04 Å². The van der Waals surface area contributed by atoms with Crippen molar-refractivity contribution in [3.05, 3.63) is 17.5 Å². The highest BCUT2D eigenvalue weighted by Gasteiger charge is 2.24. The second-order valence-corrected chi connectivity index (χ2v) is 6.60. The second-order valence-electron chi connectivity index (χ2n) is 6.60. The third kappa shape index (κ3) is 3.94. The molecule has 4 heteroatoms. The Bertz CT molecular complexity index is 477. The molecule has 0 aromatic carbocycles. The zero-order valence-electron chi connectivity index (χ0n) is 13.8. The molecule has 4 nitrogen and oxygen atoms in total. The van der Waals surface area contributed by atoms with Gasteiger partial charge in [-0.3, -0.25) is 9.48 Å². The van der Waals surface area contributed by atoms with Crippen molar-refractivity contribution < 1.29 is 9.53 Å². The largest absolute Gasteiger partial charge is 0.366 e. The van der Waals surface area contributed by atoms with Gasteiger partial charge in [-0.1, -0.05) is 26.7 Å². The maximum Gasteiger partial charge on any atom is 0.161 e. The van der Waals surface area contributed by atoms with Gasteiger partial charge in [-0.2, -0.15) is 5.10 Å². The quantitative estimate of drug-likeness (QED) is 0.827. The number of ether oxygens (including phenoxy) is 1. The van der Waals surface area contributed by atoms with Gasteiger partial charge in [-0.15, -0.1) is 0 Å². The van der Waals surface area contributed by atoms with E-state index in [-0.39, 0.29) is 24.4 Å². The molecule has 0 spiro atoms. The van der Waals surface area contributed by atoms with Crippen molar-refractivity contribution in [2.75, 3.05) is 6.61 Å². The highest BCUT2D eigenvalue weighted by molar-refractivity contribution is 5.81. The number of fused-ring (bicyclic) bond motifs is 1. The van der Waals surface area contributed by atoms with E-state index < -0.39 is 0 Å². The van der Waals surface area contributed by atoms with Crippen molar-refractivity contribution >= 4 is 5.78 Å². The first-order chi connectivity index (χ1) is 10.0. The number of hydrogen-bond acceptors (Lipinski definition) is 3. The summed E-state index contributed by atoms with van der Waals surface area (Å²) in [5.41, 5.74) is 2.49. The van der Waals surface area contributed by atoms with Crippen LogP contribution in [0.25, 0.3) is 0 Å². The summed E-state index contributed by atoms with van der Waals surface area (Å²) in [4.78, 5) is 11.8. The molecule has 2 rings (SSSR count). The Labute approximate surface area is 127 Å². The normalized spacial score (nSPS) is 19.4. The van der Waals surface area contributed by atoms with E-state index in [1.165, 1.54) is 24.1 Å². The molecule has 0 fully saturated rings. The highest BCUT2D eigenvalue weighted by atomic mass is 16.5. The Balaban J connectivity index is 2.17. The van der Waals surface area contributed by atoms with Crippen LogP contribution in [-0.2, 0) is 16.0 Å². The smallest absolute Gasteiger partial charge is 0.161 e. The lowest BCUT2D eigenvalue weighted by atomic mass is 9.96. The first-order valence-electron chi connectivity index (χ1n) is 8.21. The van der Waals surface area contributed by atoms with Gasteiger partial charge in [0, 0.05) is 23.2 Å². The number of carbonyl (C=O) groups excluding carboxylic acids is 1. The van der Waals surface area contributed by atoms with Gasteiger partial charge in [0.25, 0.3) is 0 Å². The number of nitrogens with zero attached hydrogens (tertiary/aromatic N) is 2. The molecule has 0 radical (unpaired) electrons. The van der Waals surface area contributed by atoms with Crippen molar-refractivity contribution in [3.63, 3.8) is 0 Å². The summed E-state index contributed by atoms with van der Waals surface area (Å²) in [6.07, 6.45) is 7.62. The average molecular weight is 292 g/mol. The molecule has 1 aromatic heterocycles. The van der Waals surface area contributed by atoms with Gasteiger partial charge in [0.05, 0.1) is 12.3 Å². The number of aromatic nitrogens is 2. The van der Waals surface area contributed by atoms with Gasteiger partial charge in [-0.05, 0) is 33.1 Å². The molecule has 0 amide bonds. The van der Waals surface area contributed by atoms with Crippen LogP contribution in [0.5, 0.6) is 0 Å². The van der Waals surface area contributed by atoms with Gasteiger partial charge in [0.1, 0.15) is 6.61 Å². The summed E-state index contributed by atoms with van der Waals surface area (Å²) in [6, 6.07) is 0.367. The van der Waals surface area contributed by atoms with Crippen LogP contribution >= 0.6 is 0 Å². The van der Waals surface area contributed by atoms with Crippen LogP contribution < -0.4 is 0 Å². The molecule has 1 heterocycles. The molecule has 1 aliphatic carbocycles. The molecular formula is C17H28N2O2. The van der Waals surface area contributed by atoms with Gasteiger partial charge in [0.15, 0.2) is 5.78 Å². The van der Waals surface area contributed by atoms with Crippen molar-refractivity contribution in [1.82, 2.24) is 9.78 Å². The van der Waals surface area contributed by atoms with E-state index >= 15 is 0 Å². The number of ketones is 1. The summed E-state index contributed by atoms with van der Waals surface area (Å²) in [6.45, 7) is 8.38. The Morgan fingerprint density at radius 1 is 1.33 bits per heavy atom. The molecule has 0 saturated heterocycles. The van der Waals surface area contributed by atoms with Crippen LogP contribution in [0.1, 0.15) is 76.8 Å². The van der Waals surface area contributed by atoms with Crippen LogP contribution in [-0.4, -0.2) is 22.2 Å². The lowest BCUT2D eigenvalue weighted by molar-refractivity contribution is -0.128. The van der Waals surface area contributed by atoms with E-state index in [2.05, 4.69) is 23.6 Å². The van der Waals surface area contributed by atoms with Crippen LogP contribution in [0.3, 0.4) is 0 Å².